The summed E-state index contributed by atoms with van der Waals surface area (Å²) >= 11 is 0. The summed E-state index contributed by atoms with van der Waals surface area (Å²) in [7, 11) is 0. The van der Waals surface area contributed by atoms with Crippen LogP contribution in [0.3, 0.4) is 0 Å². The van der Waals surface area contributed by atoms with E-state index in [1.165, 1.54) is 25.0 Å². The number of allylic oxidation sites excluding steroid dienone is 1. The molecule has 0 aromatic heterocycles. The molecule has 1 unspecified atom stereocenters. The van der Waals surface area contributed by atoms with Crippen molar-refractivity contribution in [2.24, 2.45) is 10.7 Å². The Balaban J connectivity index is 1.41. The fraction of sp³-hybridized carbons (Fsp3) is 0.348. The number of hydrogen-bond donors (Lipinski definition) is 3. The fourth-order valence-corrected chi connectivity index (χ4v) is 3.81. The highest BCUT2D eigenvalue weighted by atomic mass is 16.6. The summed E-state index contributed by atoms with van der Waals surface area (Å²) in [6, 6.07) is 13.9. The average Bonchev–Trinajstić information content (AvgIpc) is 3.31. The van der Waals surface area contributed by atoms with E-state index in [0.29, 0.717) is 18.1 Å². The molecule has 0 aliphatic carbocycles. The van der Waals surface area contributed by atoms with E-state index in [1.807, 2.05) is 31.2 Å². The summed E-state index contributed by atoms with van der Waals surface area (Å²) in [4.78, 5) is 17.5. The fourth-order valence-electron chi connectivity index (χ4n) is 3.81. The lowest BCUT2D eigenvalue weighted by Crippen LogP contribution is -2.51. The van der Waals surface area contributed by atoms with Crippen LogP contribution in [-0.2, 0) is 5.79 Å². The second-order valence-electron chi connectivity index (χ2n) is 8.06. The molecule has 32 heavy (non-hydrogen) atoms. The molecule has 9 nitrogen and oxygen atoms in total. The number of nitrogens with two attached hydrogens (primary N) is 1. The maximum Gasteiger partial charge on any atom is 0.271 e. The minimum Gasteiger partial charge on any atom is -0.492 e. The number of aliphatic imine (C=N–C) groups is 1. The summed E-state index contributed by atoms with van der Waals surface area (Å²) in [5.74, 6) is 0.253. The predicted molar refractivity (Wildman–Crippen MR) is 125 cm³/mol. The number of benzene rings is 2. The van der Waals surface area contributed by atoms with Gasteiger partial charge in [-0.2, -0.15) is 0 Å². The highest BCUT2D eigenvalue weighted by Crippen LogP contribution is 2.26. The van der Waals surface area contributed by atoms with Crippen LogP contribution in [0.5, 0.6) is 5.75 Å². The van der Waals surface area contributed by atoms with Crippen molar-refractivity contribution in [1.82, 2.24) is 10.2 Å². The van der Waals surface area contributed by atoms with E-state index in [4.69, 9.17) is 10.5 Å². The first-order valence-electron chi connectivity index (χ1n) is 10.7. The van der Waals surface area contributed by atoms with E-state index >= 15 is 0 Å². The normalized spacial score (nSPS) is 20.8. The predicted octanol–water partition coefficient (Wildman–Crippen LogP) is 3.16. The maximum absolute atomic E-state index is 11.1. The largest absolute Gasteiger partial charge is 0.492 e. The Morgan fingerprint density at radius 3 is 2.72 bits per heavy atom. The van der Waals surface area contributed by atoms with Gasteiger partial charge in [0.05, 0.1) is 4.92 Å². The Hall–Kier alpha value is -3.43. The second kappa shape index (κ2) is 9.37. The summed E-state index contributed by atoms with van der Waals surface area (Å²) in [6.45, 7) is 5.78. The number of likely N-dealkylation sites (tertiary alicyclic amines) is 1. The minimum atomic E-state index is -1.17. The monoisotopic (exact) mass is 436 g/mol. The van der Waals surface area contributed by atoms with Crippen LogP contribution in [0, 0.1) is 10.1 Å². The number of rotatable bonds is 8. The quantitative estimate of drug-likeness (QED) is 0.430. The number of ether oxygens (including phenoxy) is 1. The van der Waals surface area contributed by atoms with E-state index in [9.17, 15) is 10.1 Å². The standard InChI is InChI=1S/C23H28N6O3/c1-17-16-25-23(24,27-22(17)26-19-5-4-6-20(15-19)29(30)31)18-7-9-21(10-8-18)32-14-13-28-11-2-3-12-28/h4-10,15-16,26-27H,2-3,11-14,24H2,1H3. The van der Waals surface area contributed by atoms with Crippen LogP contribution in [-0.4, -0.2) is 42.3 Å². The number of nitrogens with zero attached hydrogens (tertiary/aromatic N) is 3. The Kier molecular flexibility index (Phi) is 6.38. The molecule has 2 aliphatic rings. The molecular weight excluding hydrogens is 408 g/mol. The molecule has 0 radical (unpaired) electrons. The van der Waals surface area contributed by atoms with E-state index in [0.717, 1.165) is 36.5 Å². The molecule has 2 heterocycles. The van der Waals surface area contributed by atoms with Gasteiger partial charge in [0, 0.05) is 41.7 Å². The molecule has 4 rings (SSSR count). The first-order valence-corrected chi connectivity index (χ1v) is 10.7. The average molecular weight is 437 g/mol. The van der Waals surface area contributed by atoms with Crippen LogP contribution in [0.2, 0.25) is 0 Å². The van der Waals surface area contributed by atoms with Crippen molar-refractivity contribution in [1.29, 1.82) is 0 Å². The van der Waals surface area contributed by atoms with Gasteiger partial charge < -0.3 is 15.4 Å². The smallest absolute Gasteiger partial charge is 0.271 e. The van der Waals surface area contributed by atoms with Gasteiger partial charge in [-0.15, -0.1) is 0 Å². The first kappa shape index (κ1) is 21.8. The van der Waals surface area contributed by atoms with Gasteiger partial charge in [-0.05, 0) is 63.2 Å². The molecule has 168 valence electrons. The third-order valence-corrected chi connectivity index (χ3v) is 5.67. The van der Waals surface area contributed by atoms with Gasteiger partial charge in [-0.25, -0.2) is 4.99 Å². The van der Waals surface area contributed by atoms with Gasteiger partial charge >= 0.3 is 0 Å². The zero-order valence-electron chi connectivity index (χ0n) is 18.1. The summed E-state index contributed by atoms with van der Waals surface area (Å²) in [5.41, 5.74) is 8.76. The number of nitro groups is 1. The van der Waals surface area contributed by atoms with Crippen molar-refractivity contribution in [3.63, 3.8) is 0 Å². The van der Waals surface area contributed by atoms with E-state index < -0.39 is 10.7 Å². The van der Waals surface area contributed by atoms with Crippen molar-refractivity contribution in [2.45, 2.75) is 25.6 Å². The van der Waals surface area contributed by atoms with Crippen LogP contribution >= 0.6 is 0 Å². The molecule has 1 atom stereocenters. The number of nitrogens with one attached hydrogen (secondary N) is 2. The topological polar surface area (TPSA) is 118 Å². The Labute approximate surface area is 187 Å². The van der Waals surface area contributed by atoms with Crippen LogP contribution < -0.4 is 21.1 Å². The lowest BCUT2D eigenvalue weighted by molar-refractivity contribution is -0.384. The molecule has 2 aliphatic heterocycles. The summed E-state index contributed by atoms with van der Waals surface area (Å²) in [6.07, 6.45) is 4.23. The van der Waals surface area contributed by atoms with E-state index in [2.05, 4.69) is 20.5 Å². The number of anilines is 1. The van der Waals surface area contributed by atoms with E-state index in [-0.39, 0.29) is 5.69 Å². The molecule has 1 saturated heterocycles. The summed E-state index contributed by atoms with van der Waals surface area (Å²) in [5, 5.41) is 17.5. The molecule has 2 aromatic carbocycles. The Bertz CT molecular complexity index is 1030. The van der Waals surface area contributed by atoms with Crippen molar-refractivity contribution in [2.75, 3.05) is 31.6 Å². The zero-order valence-corrected chi connectivity index (χ0v) is 18.1. The summed E-state index contributed by atoms with van der Waals surface area (Å²) < 4.78 is 5.87. The van der Waals surface area contributed by atoms with Crippen molar-refractivity contribution in [3.8, 4) is 5.75 Å². The third-order valence-electron chi connectivity index (χ3n) is 5.67. The lowest BCUT2D eigenvalue weighted by Gasteiger charge is -2.33. The maximum atomic E-state index is 11.1. The number of hydrogen-bond acceptors (Lipinski definition) is 8. The van der Waals surface area contributed by atoms with E-state index in [1.54, 1.807) is 18.3 Å². The minimum absolute atomic E-state index is 0.0112. The molecule has 4 N–H and O–H groups in total. The van der Waals surface area contributed by atoms with Gasteiger partial charge in [0.1, 0.15) is 18.2 Å². The van der Waals surface area contributed by atoms with Crippen LogP contribution in [0.15, 0.2) is 64.9 Å². The lowest BCUT2D eigenvalue weighted by atomic mass is 10.1. The van der Waals surface area contributed by atoms with Gasteiger partial charge in [0.25, 0.3) is 5.69 Å². The molecule has 0 amide bonds. The second-order valence-corrected chi connectivity index (χ2v) is 8.06. The van der Waals surface area contributed by atoms with Crippen molar-refractivity contribution in [3.05, 3.63) is 75.6 Å². The van der Waals surface area contributed by atoms with Crippen molar-refractivity contribution < 1.29 is 9.66 Å². The van der Waals surface area contributed by atoms with Crippen LogP contribution in [0.4, 0.5) is 11.4 Å². The highest BCUT2D eigenvalue weighted by Gasteiger charge is 2.30. The van der Waals surface area contributed by atoms with Gasteiger partial charge in [-0.1, -0.05) is 6.07 Å². The third kappa shape index (κ3) is 5.06. The molecule has 0 spiro atoms. The first-order chi connectivity index (χ1) is 15.4. The zero-order chi connectivity index (χ0) is 22.6. The van der Waals surface area contributed by atoms with Gasteiger partial charge in [0.2, 0.25) is 5.79 Å². The SMILES string of the molecule is CC1=C(Nc2cccc([N+](=O)[O-])c2)NC(N)(c2ccc(OCCN3CCCC3)cc2)N=C1. The van der Waals surface area contributed by atoms with Crippen LogP contribution in [0.1, 0.15) is 25.3 Å². The van der Waals surface area contributed by atoms with Crippen LogP contribution in [0.25, 0.3) is 0 Å². The Morgan fingerprint density at radius 1 is 1.25 bits per heavy atom. The molecule has 0 saturated carbocycles. The molecule has 2 aromatic rings. The van der Waals surface area contributed by atoms with Gasteiger partial charge in [-0.3, -0.25) is 20.7 Å². The molecule has 0 bridgehead atoms. The molecule has 9 heteroatoms. The molecular formula is C23H28N6O3. The number of non-ortho nitro benzene ring substituents is 1. The van der Waals surface area contributed by atoms with Gasteiger partial charge in [0.15, 0.2) is 0 Å². The highest BCUT2D eigenvalue weighted by molar-refractivity contribution is 5.81. The molecule has 1 fully saturated rings. The van der Waals surface area contributed by atoms with Crippen molar-refractivity contribution >= 4 is 17.6 Å². The Morgan fingerprint density at radius 2 is 2.00 bits per heavy atom. The number of nitro benzene ring substituents is 1.